The molecule has 18 heavy (non-hydrogen) atoms. The second-order valence-electron chi connectivity index (χ2n) is 4.37. The van der Waals surface area contributed by atoms with Crippen LogP contribution in [0.3, 0.4) is 0 Å². The summed E-state index contributed by atoms with van der Waals surface area (Å²) >= 11 is 0. The van der Waals surface area contributed by atoms with Crippen LogP contribution < -0.4 is 20.3 Å². The monoisotopic (exact) mass is 250 g/mol. The molecule has 0 bridgehead atoms. The lowest BCUT2D eigenvalue weighted by molar-refractivity contribution is -0.139. The second-order valence-corrected chi connectivity index (χ2v) is 4.37. The van der Waals surface area contributed by atoms with E-state index in [2.05, 4.69) is 10.9 Å². The van der Waals surface area contributed by atoms with Crippen molar-refractivity contribution < 1.29 is 19.4 Å². The van der Waals surface area contributed by atoms with Crippen molar-refractivity contribution >= 4 is 5.97 Å². The zero-order valence-electron chi connectivity index (χ0n) is 9.68. The molecular weight excluding hydrogens is 236 g/mol. The normalized spacial score (nSPS) is 26.0. The molecule has 0 spiro atoms. The molecule has 1 aromatic rings. The Morgan fingerprint density at radius 2 is 2.00 bits per heavy atom. The molecule has 1 aromatic carbocycles. The number of hydrazine groups is 1. The van der Waals surface area contributed by atoms with Gasteiger partial charge in [0, 0.05) is 6.04 Å². The molecule has 2 heterocycles. The SMILES string of the molecule is O=C(O)C1CC(c2ccc3c(c2)OCCO3)NN1. The molecule has 6 heteroatoms. The highest BCUT2D eigenvalue weighted by Gasteiger charge is 2.30. The molecule has 0 radical (unpaired) electrons. The van der Waals surface area contributed by atoms with E-state index < -0.39 is 12.0 Å². The Hall–Kier alpha value is -1.79. The minimum atomic E-state index is -0.845. The van der Waals surface area contributed by atoms with Gasteiger partial charge in [-0.1, -0.05) is 6.07 Å². The third-order valence-corrected chi connectivity index (χ3v) is 3.17. The zero-order chi connectivity index (χ0) is 12.5. The Balaban J connectivity index is 1.79. The van der Waals surface area contributed by atoms with Crippen molar-refractivity contribution in [2.45, 2.75) is 18.5 Å². The zero-order valence-corrected chi connectivity index (χ0v) is 9.68. The van der Waals surface area contributed by atoms with Gasteiger partial charge in [0.25, 0.3) is 0 Å². The molecule has 0 aliphatic carbocycles. The van der Waals surface area contributed by atoms with Gasteiger partial charge < -0.3 is 14.6 Å². The van der Waals surface area contributed by atoms with E-state index in [4.69, 9.17) is 14.6 Å². The summed E-state index contributed by atoms with van der Waals surface area (Å²) in [5, 5.41) is 8.92. The number of rotatable bonds is 2. The van der Waals surface area contributed by atoms with Gasteiger partial charge in [-0.2, -0.15) is 0 Å². The van der Waals surface area contributed by atoms with Crippen molar-refractivity contribution in [2.24, 2.45) is 0 Å². The van der Waals surface area contributed by atoms with Gasteiger partial charge in [0.2, 0.25) is 0 Å². The highest BCUT2D eigenvalue weighted by Crippen LogP contribution is 2.34. The van der Waals surface area contributed by atoms with E-state index in [-0.39, 0.29) is 6.04 Å². The number of benzene rings is 1. The maximum absolute atomic E-state index is 10.9. The molecule has 3 rings (SSSR count). The molecule has 96 valence electrons. The summed E-state index contributed by atoms with van der Waals surface area (Å²) in [7, 11) is 0. The van der Waals surface area contributed by atoms with Crippen molar-refractivity contribution in [3.05, 3.63) is 23.8 Å². The summed E-state index contributed by atoms with van der Waals surface area (Å²) in [6, 6.07) is 5.11. The van der Waals surface area contributed by atoms with Gasteiger partial charge in [-0.25, -0.2) is 10.9 Å². The van der Waals surface area contributed by atoms with Crippen LogP contribution in [0.25, 0.3) is 0 Å². The predicted molar refractivity (Wildman–Crippen MR) is 62.5 cm³/mol. The Morgan fingerprint density at radius 1 is 1.22 bits per heavy atom. The van der Waals surface area contributed by atoms with Crippen LogP contribution in [0.1, 0.15) is 18.0 Å². The van der Waals surface area contributed by atoms with Crippen LogP contribution in [0.15, 0.2) is 18.2 Å². The number of carboxylic acid groups (broad SMARTS) is 1. The van der Waals surface area contributed by atoms with Gasteiger partial charge in [0.15, 0.2) is 11.5 Å². The van der Waals surface area contributed by atoms with E-state index >= 15 is 0 Å². The first kappa shape index (κ1) is 11.3. The number of hydrogen-bond donors (Lipinski definition) is 3. The Bertz CT molecular complexity index is 477. The minimum absolute atomic E-state index is 0.0260. The first-order valence-corrected chi connectivity index (χ1v) is 5.87. The van der Waals surface area contributed by atoms with Crippen LogP contribution in [-0.2, 0) is 4.79 Å². The molecule has 0 saturated carbocycles. The summed E-state index contributed by atoms with van der Waals surface area (Å²) in [5.41, 5.74) is 6.74. The molecule has 1 saturated heterocycles. The van der Waals surface area contributed by atoms with Crippen molar-refractivity contribution in [3.8, 4) is 11.5 Å². The molecule has 3 N–H and O–H groups in total. The smallest absolute Gasteiger partial charge is 0.322 e. The first-order chi connectivity index (χ1) is 8.74. The standard InChI is InChI=1S/C12H14N2O4/c15-12(16)9-6-8(13-14-9)7-1-2-10-11(5-7)18-4-3-17-10/h1-2,5,8-9,13-14H,3-4,6H2,(H,15,16). The third kappa shape index (κ3) is 2.00. The summed E-state index contributed by atoms with van der Waals surface area (Å²) in [6.45, 7) is 1.11. The van der Waals surface area contributed by atoms with E-state index in [1.54, 1.807) is 0 Å². The molecule has 2 aliphatic rings. The minimum Gasteiger partial charge on any atom is -0.486 e. The summed E-state index contributed by atoms with van der Waals surface area (Å²) in [6.07, 6.45) is 0.509. The number of fused-ring (bicyclic) bond motifs is 1. The van der Waals surface area contributed by atoms with Crippen molar-refractivity contribution in [2.75, 3.05) is 13.2 Å². The Labute approximate surface area is 104 Å². The van der Waals surface area contributed by atoms with Gasteiger partial charge in [-0.3, -0.25) is 4.79 Å². The molecule has 6 nitrogen and oxygen atoms in total. The van der Waals surface area contributed by atoms with E-state index in [9.17, 15) is 4.79 Å². The number of hydrogen-bond acceptors (Lipinski definition) is 5. The number of carboxylic acids is 1. The van der Waals surface area contributed by atoms with Crippen molar-refractivity contribution in [1.29, 1.82) is 0 Å². The fourth-order valence-electron chi connectivity index (χ4n) is 2.21. The van der Waals surface area contributed by atoms with Crippen LogP contribution in [0.5, 0.6) is 11.5 Å². The summed E-state index contributed by atoms with van der Waals surface area (Å²) in [5.74, 6) is 0.618. The average Bonchev–Trinajstić information content (AvgIpc) is 2.88. The molecule has 2 aliphatic heterocycles. The number of ether oxygens (including phenoxy) is 2. The van der Waals surface area contributed by atoms with E-state index in [0.717, 1.165) is 17.1 Å². The van der Waals surface area contributed by atoms with Crippen LogP contribution in [0, 0.1) is 0 Å². The van der Waals surface area contributed by atoms with Gasteiger partial charge in [0.05, 0.1) is 0 Å². The molecule has 1 fully saturated rings. The first-order valence-electron chi connectivity index (χ1n) is 5.87. The molecule has 0 aromatic heterocycles. The maximum Gasteiger partial charge on any atom is 0.322 e. The predicted octanol–water partition coefficient (Wildman–Crippen LogP) is 0.450. The highest BCUT2D eigenvalue weighted by molar-refractivity contribution is 5.73. The van der Waals surface area contributed by atoms with E-state index in [0.29, 0.717) is 19.6 Å². The number of carbonyl (C=O) groups is 1. The van der Waals surface area contributed by atoms with Crippen LogP contribution in [-0.4, -0.2) is 30.3 Å². The Kier molecular flexibility index (Phi) is 2.81. The lowest BCUT2D eigenvalue weighted by Crippen LogP contribution is -2.36. The lowest BCUT2D eigenvalue weighted by Gasteiger charge is -2.20. The lowest BCUT2D eigenvalue weighted by atomic mass is 10.0. The van der Waals surface area contributed by atoms with E-state index in [1.165, 1.54) is 0 Å². The van der Waals surface area contributed by atoms with Gasteiger partial charge in [0.1, 0.15) is 19.3 Å². The summed E-state index contributed by atoms with van der Waals surface area (Å²) in [4.78, 5) is 10.9. The fourth-order valence-corrected chi connectivity index (χ4v) is 2.21. The maximum atomic E-state index is 10.9. The topological polar surface area (TPSA) is 79.8 Å². The van der Waals surface area contributed by atoms with E-state index in [1.807, 2.05) is 18.2 Å². The van der Waals surface area contributed by atoms with Crippen LogP contribution in [0.4, 0.5) is 0 Å². The largest absolute Gasteiger partial charge is 0.486 e. The molecule has 0 amide bonds. The summed E-state index contributed by atoms with van der Waals surface area (Å²) < 4.78 is 11.0. The fraction of sp³-hybridized carbons (Fsp3) is 0.417. The van der Waals surface area contributed by atoms with Gasteiger partial charge >= 0.3 is 5.97 Å². The molecule has 2 atom stereocenters. The van der Waals surface area contributed by atoms with Crippen LogP contribution >= 0.6 is 0 Å². The number of aliphatic carboxylic acids is 1. The molecule has 2 unspecified atom stereocenters. The average molecular weight is 250 g/mol. The van der Waals surface area contributed by atoms with Crippen molar-refractivity contribution in [1.82, 2.24) is 10.9 Å². The third-order valence-electron chi connectivity index (χ3n) is 3.17. The number of nitrogens with one attached hydrogen (secondary N) is 2. The van der Waals surface area contributed by atoms with Crippen LogP contribution in [0.2, 0.25) is 0 Å². The Morgan fingerprint density at radius 3 is 2.72 bits per heavy atom. The highest BCUT2D eigenvalue weighted by atomic mass is 16.6. The quantitative estimate of drug-likeness (QED) is 0.707. The van der Waals surface area contributed by atoms with Crippen molar-refractivity contribution in [3.63, 3.8) is 0 Å². The van der Waals surface area contributed by atoms with Gasteiger partial charge in [-0.05, 0) is 24.1 Å². The second kappa shape index (κ2) is 4.47. The van der Waals surface area contributed by atoms with Gasteiger partial charge in [-0.15, -0.1) is 0 Å². The molecular formula is C12H14N2O4.